The van der Waals surface area contributed by atoms with Crippen LogP contribution in [0.25, 0.3) is 0 Å². The first-order valence-corrected chi connectivity index (χ1v) is 2.96. The van der Waals surface area contributed by atoms with E-state index in [2.05, 4.69) is 0 Å². The maximum atomic E-state index is 8.22. The van der Waals surface area contributed by atoms with Crippen LogP contribution in [0.15, 0.2) is 0 Å². The van der Waals surface area contributed by atoms with E-state index in [-0.39, 0.29) is 5.92 Å². The van der Waals surface area contributed by atoms with Crippen molar-refractivity contribution in [3.8, 4) is 0 Å². The van der Waals surface area contributed by atoms with Crippen molar-refractivity contribution < 1.29 is 15.6 Å². The second-order valence-corrected chi connectivity index (χ2v) is 1.95. The van der Waals surface area contributed by atoms with Crippen LogP contribution in [0.2, 0.25) is 0 Å². The van der Waals surface area contributed by atoms with Gasteiger partial charge in [-0.05, 0) is 0 Å². The summed E-state index contributed by atoms with van der Waals surface area (Å²) in [4.78, 5) is 0. The van der Waals surface area contributed by atoms with Crippen molar-refractivity contribution in [1.82, 2.24) is 16.4 Å². The van der Waals surface area contributed by atoms with E-state index in [1.165, 1.54) is 0 Å². The van der Waals surface area contributed by atoms with Gasteiger partial charge in [-0.2, -0.15) is 0 Å². The Morgan fingerprint density at radius 1 is 0.800 bits per heavy atom. The molecule has 10 heavy (non-hydrogen) atoms. The zero-order valence-electron chi connectivity index (χ0n) is 5.54. The van der Waals surface area contributed by atoms with Crippen molar-refractivity contribution in [3.63, 3.8) is 0 Å². The van der Waals surface area contributed by atoms with Gasteiger partial charge in [-0.1, -0.05) is 0 Å². The van der Waals surface area contributed by atoms with Gasteiger partial charge in [-0.15, -0.1) is 0 Å². The summed E-state index contributed by atoms with van der Waals surface area (Å²) in [6.07, 6.45) is 0. The predicted molar refractivity (Wildman–Crippen MR) is 32.9 cm³/mol. The van der Waals surface area contributed by atoms with Crippen LogP contribution in [0.1, 0.15) is 0 Å². The summed E-state index contributed by atoms with van der Waals surface area (Å²) in [6, 6.07) is 0. The maximum absolute atomic E-state index is 8.22. The standard InChI is InChI=1S/C4H13N3O3/c8-5-1-4(2-6-9)3-7-10/h4-10H,1-3H2. The molecule has 0 aliphatic carbocycles. The minimum atomic E-state index is -0.0556. The van der Waals surface area contributed by atoms with Gasteiger partial charge >= 0.3 is 0 Å². The Morgan fingerprint density at radius 3 is 1.30 bits per heavy atom. The third kappa shape index (κ3) is 4.62. The summed E-state index contributed by atoms with van der Waals surface area (Å²) < 4.78 is 0. The molecule has 0 fully saturated rings. The molecule has 0 aliphatic heterocycles. The van der Waals surface area contributed by atoms with Gasteiger partial charge in [0, 0.05) is 25.6 Å². The lowest BCUT2D eigenvalue weighted by molar-refractivity contribution is 0.0902. The Morgan fingerprint density at radius 2 is 1.10 bits per heavy atom. The van der Waals surface area contributed by atoms with Crippen LogP contribution in [0, 0.1) is 5.92 Å². The van der Waals surface area contributed by atoms with Gasteiger partial charge < -0.3 is 15.6 Å². The first-order chi connectivity index (χ1) is 4.85. The molecule has 0 heterocycles. The fourth-order valence-corrected chi connectivity index (χ4v) is 0.604. The van der Waals surface area contributed by atoms with Crippen molar-refractivity contribution in [2.24, 2.45) is 5.92 Å². The Labute approximate surface area is 58.7 Å². The van der Waals surface area contributed by atoms with Crippen LogP contribution >= 0.6 is 0 Å². The van der Waals surface area contributed by atoms with Crippen LogP contribution < -0.4 is 16.4 Å². The van der Waals surface area contributed by atoms with Gasteiger partial charge in [0.25, 0.3) is 0 Å². The van der Waals surface area contributed by atoms with Crippen molar-refractivity contribution in [2.45, 2.75) is 0 Å². The number of hydrogen-bond acceptors (Lipinski definition) is 6. The lowest BCUT2D eigenvalue weighted by Gasteiger charge is -2.12. The van der Waals surface area contributed by atoms with Gasteiger partial charge in [0.1, 0.15) is 0 Å². The van der Waals surface area contributed by atoms with Gasteiger partial charge in [0.15, 0.2) is 0 Å². The monoisotopic (exact) mass is 151 g/mol. The molecule has 6 heteroatoms. The zero-order valence-corrected chi connectivity index (χ0v) is 5.54. The number of rotatable bonds is 6. The number of hydroxylamine groups is 3. The fourth-order valence-electron chi connectivity index (χ4n) is 0.604. The van der Waals surface area contributed by atoms with Crippen LogP contribution in [-0.4, -0.2) is 35.3 Å². The van der Waals surface area contributed by atoms with Gasteiger partial charge in [-0.25, -0.2) is 16.4 Å². The maximum Gasteiger partial charge on any atom is 0.0261 e. The largest absolute Gasteiger partial charge is 0.317 e. The second kappa shape index (κ2) is 6.87. The molecule has 0 aromatic rings. The Bertz CT molecular complexity index is 58.5. The molecular weight excluding hydrogens is 138 g/mol. The second-order valence-electron chi connectivity index (χ2n) is 1.95. The van der Waals surface area contributed by atoms with Gasteiger partial charge in [0.05, 0.1) is 0 Å². The minimum Gasteiger partial charge on any atom is -0.317 e. The lowest BCUT2D eigenvalue weighted by atomic mass is 10.1. The molecule has 0 bridgehead atoms. The van der Waals surface area contributed by atoms with E-state index in [4.69, 9.17) is 15.6 Å². The molecular formula is C4H13N3O3. The Hall–Kier alpha value is -0.240. The predicted octanol–water partition coefficient (Wildman–Crippen LogP) is -1.46. The molecule has 0 radical (unpaired) electrons. The molecule has 0 aliphatic rings. The molecule has 0 atom stereocenters. The lowest BCUT2D eigenvalue weighted by Crippen LogP contribution is -2.35. The van der Waals surface area contributed by atoms with Crippen molar-refractivity contribution in [3.05, 3.63) is 0 Å². The van der Waals surface area contributed by atoms with Crippen molar-refractivity contribution in [1.29, 1.82) is 0 Å². The van der Waals surface area contributed by atoms with E-state index < -0.39 is 0 Å². The average molecular weight is 151 g/mol. The molecule has 0 aromatic carbocycles. The third-order valence-corrected chi connectivity index (χ3v) is 1.14. The highest BCUT2D eigenvalue weighted by Gasteiger charge is 2.05. The molecule has 0 saturated heterocycles. The zero-order chi connectivity index (χ0) is 7.82. The van der Waals surface area contributed by atoms with Gasteiger partial charge in [0.2, 0.25) is 0 Å². The number of hydrogen-bond donors (Lipinski definition) is 6. The molecule has 6 nitrogen and oxygen atoms in total. The molecule has 0 aromatic heterocycles. The topological polar surface area (TPSA) is 96.8 Å². The quantitative estimate of drug-likeness (QED) is 0.260. The van der Waals surface area contributed by atoms with Gasteiger partial charge in [-0.3, -0.25) is 0 Å². The van der Waals surface area contributed by atoms with E-state index >= 15 is 0 Å². The summed E-state index contributed by atoms with van der Waals surface area (Å²) in [5, 5.41) is 24.7. The fraction of sp³-hybridized carbons (Fsp3) is 1.00. The normalized spacial score (nSPS) is 10.8. The van der Waals surface area contributed by atoms with E-state index in [1.54, 1.807) is 0 Å². The summed E-state index contributed by atoms with van der Waals surface area (Å²) in [6.45, 7) is 0.920. The van der Waals surface area contributed by atoms with Crippen molar-refractivity contribution in [2.75, 3.05) is 19.6 Å². The highest BCUT2D eigenvalue weighted by molar-refractivity contribution is 4.60. The molecule has 0 spiro atoms. The molecule has 0 rings (SSSR count). The smallest absolute Gasteiger partial charge is 0.0261 e. The van der Waals surface area contributed by atoms with Crippen molar-refractivity contribution >= 4 is 0 Å². The molecule has 62 valence electrons. The minimum absolute atomic E-state index is 0.0556. The SMILES string of the molecule is ONCC(CNO)CNO. The van der Waals surface area contributed by atoms with Crippen LogP contribution in [-0.2, 0) is 0 Å². The molecule has 0 amide bonds. The number of nitrogens with one attached hydrogen (secondary N) is 3. The first kappa shape index (κ1) is 9.76. The summed E-state index contributed by atoms with van der Waals surface area (Å²) in [5.74, 6) is -0.0556. The summed E-state index contributed by atoms with van der Waals surface area (Å²) >= 11 is 0. The highest BCUT2D eigenvalue weighted by atomic mass is 16.5. The summed E-state index contributed by atoms with van der Waals surface area (Å²) in [7, 11) is 0. The van der Waals surface area contributed by atoms with E-state index in [9.17, 15) is 0 Å². The van der Waals surface area contributed by atoms with Crippen LogP contribution in [0.3, 0.4) is 0 Å². The first-order valence-electron chi connectivity index (χ1n) is 2.96. The van der Waals surface area contributed by atoms with E-state index in [1.807, 2.05) is 16.4 Å². The van der Waals surface area contributed by atoms with E-state index in [0.717, 1.165) is 0 Å². The van der Waals surface area contributed by atoms with E-state index in [0.29, 0.717) is 19.6 Å². The van der Waals surface area contributed by atoms with Crippen LogP contribution in [0.4, 0.5) is 0 Å². The van der Waals surface area contributed by atoms with Crippen LogP contribution in [0.5, 0.6) is 0 Å². The molecule has 0 unspecified atom stereocenters. The average Bonchev–Trinajstić information content (AvgIpc) is 1.90. The Kier molecular flexibility index (Phi) is 6.71. The molecule has 6 N–H and O–H groups in total. The summed E-state index contributed by atoms with van der Waals surface area (Å²) in [5.41, 5.74) is 5.81. The molecule has 0 saturated carbocycles. The highest BCUT2D eigenvalue weighted by Crippen LogP contribution is 1.88. The third-order valence-electron chi connectivity index (χ3n) is 1.14. The Balaban J connectivity index is 3.30.